The highest BCUT2D eigenvalue weighted by Gasteiger charge is 2.26. The zero-order chi connectivity index (χ0) is 12.4. The molecule has 1 fully saturated rings. The third-order valence-corrected chi connectivity index (χ3v) is 2.68. The molecule has 1 aliphatic heterocycles. The molecule has 0 saturated carbocycles. The van der Waals surface area contributed by atoms with E-state index < -0.39 is 5.95 Å². The molecule has 0 unspecified atom stereocenters. The molecule has 1 saturated heterocycles. The Balaban J connectivity index is 2.14. The summed E-state index contributed by atoms with van der Waals surface area (Å²) in [6.45, 7) is 4.91. The van der Waals surface area contributed by atoms with E-state index in [2.05, 4.69) is 4.98 Å². The summed E-state index contributed by atoms with van der Waals surface area (Å²) in [5, 5.41) is 0. The Morgan fingerprint density at radius 2 is 2.12 bits per heavy atom. The van der Waals surface area contributed by atoms with Gasteiger partial charge in [0, 0.05) is 30.9 Å². The molecule has 0 N–H and O–H groups in total. The average molecular weight is 238 g/mol. The monoisotopic (exact) mass is 238 g/mol. The van der Waals surface area contributed by atoms with Crippen molar-refractivity contribution in [2.24, 2.45) is 0 Å². The summed E-state index contributed by atoms with van der Waals surface area (Å²) in [5.74, 6) is -0.807. The van der Waals surface area contributed by atoms with Crippen molar-refractivity contribution in [3.8, 4) is 0 Å². The summed E-state index contributed by atoms with van der Waals surface area (Å²) in [6.07, 6.45) is 1.32. The molecule has 5 heteroatoms. The summed E-state index contributed by atoms with van der Waals surface area (Å²) in [5.41, 5.74) is 0.332. The van der Waals surface area contributed by atoms with Gasteiger partial charge in [-0.15, -0.1) is 0 Å². The normalized spacial score (nSPS) is 24.8. The second-order valence-electron chi connectivity index (χ2n) is 4.33. The zero-order valence-corrected chi connectivity index (χ0v) is 9.89. The topological polar surface area (TPSA) is 42.4 Å². The maximum absolute atomic E-state index is 12.9. The number of nitrogens with zero attached hydrogens (tertiary/aromatic N) is 2. The van der Waals surface area contributed by atoms with Crippen LogP contribution in [-0.4, -0.2) is 41.1 Å². The molecule has 0 radical (unpaired) electrons. The molecule has 1 amide bonds. The van der Waals surface area contributed by atoms with E-state index in [0.29, 0.717) is 18.7 Å². The lowest BCUT2D eigenvalue weighted by atomic mass is 10.2. The van der Waals surface area contributed by atoms with Gasteiger partial charge in [-0.2, -0.15) is 4.39 Å². The smallest absolute Gasteiger partial charge is 0.254 e. The summed E-state index contributed by atoms with van der Waals surface area (Å²) >= 11 is 0. The van der Waals surface area contributed by atoms with Crippen LogP contribution in [0.2, 0.25) is 0 Å². The summed E-state index contributed by atoms with van der Waals surface area (Å²) < 4.78 is 18.5. The Morgan fingerprint density at radius 1 is 1.47 bits per heavy atom. The first-order valence-electron chi connectivity index (χ1n) is 5.62. The summed E-state index contributed by atoms with van der Waals surface area (Å²) in [7, 11) is 0. The van der Waals surface area contributed by atoms with Gasteiger partial charge < -0.3 is 9.64 Å². The fourth-order valence-electron chi connectivity index (χ4n) is 2.06. The van der Waals surface area contributed by atoms with E-state index in [1.54, 1.807) is 4.90 Å². The number of rotatable bonds is 1. The van der Waals surface area contributed by atoms with Gasteiger partial charge in [0.05, 0.1) is 12.2 Å². The third kappa shape index (κ3) is 2.79. The van der Waals surface area contributed by atoms with Crippen LogP contribution in [0.15, 0.2) is 18.3 Å². The van der Waals surface area contributed by atoms with Crippen LogP contribution in [0.1, 0.15) is 24.2 Å². The Hall–Kier alpha value is -1.49. The number of hydrogen-bond acceptors (Lipinski definition) is 3. The molecule has 1 aliphatic rings. The molecular weight excluding hydrogens is 223 g/mol. The van der Waals surface area contributed by atoms with Gasteiger partial charge in [-0.25, -0.2) is 4.98 Å². The number of aromatic nitrogens is 1. The van der Waals surface area contributed by atoms with Crippen molar-refractivity contribution in [1.29, 1.82) is 0 Å². The summed E-state index contributed by atoms with van der Waals surface area (Å²) in [4.78, 5) is 17.2. The van der Waals surface area contributed by atoms with Crippen LogP contribution in [-0.2, 0) is 4.74 Å². The second kappa shape index (κ2) is 4.79. The average Bonchev–Trinajstić information content (AvgIpc) is 2.26. The van der Waals surface area contributed by atoms with E-state index in [-0.39, 0.29) is 18.1 Å². The molecule has 92 valence electrons. The van der Waals surface area contributed by atoms with Gasteiger partial charge in [0.1, 0.15) is 0 Å². The fraction of sp³-hybridized carbons (Fsp3) is 0.500. The third-order valence-electron chi connectivity index (χ3n) is 2.68. The maximum Gasteiger partial charge on any atom is 0.254 e. The first-order chi connectivity index (χ1) is 8.06. The molecular formula is C12H15FN2O2. The van der Waals surface area contributed by atoms with Crippen molar-refractivity contribution < 1.29 is 13.9 Å². The van der Waals surface area contributed by atoms with Crippen LogP contribution in [0.3, 0.4) is 0 Å². The highest BCUT2D eigenvalue weighted by molar-refractivity contribution is 5.94. The van der Waals surface area contributed by atoms with E-state index in [1.807, 2.05) is 13.8 Å². The van der Waals surface area contributed by atoms with Crippen molar-refractivity contribution in [2.45, 2.75) is 26.1 Å². The van der Waals surface area contributed by atoms with E-state index >= 15 is 0 Å². The number of pyridine rings is 1. The van der Waals surface area contributed by atoms with Gasteiger partial charge in [0.2, 0.25) is 5.95 Å². The van der Waals surface area contributed by atoms with E-state index in [1.165, 1.54) is 12.3 Å². The molecule has 2 heterocycles. The van der Waals surface area contributed by atoms with Crippen LogP contribution < -0.4 is 0 Å². The van der Waals surface area contributed by atoms with Crippen LogP contribution in [0.25, 0.3) is 0 Å². The fourth-order valence-corrected chi connectivity index (χ4v) is 2.06. The van der Waals surface area contributed by atoms with Gasteiger partial charge in [0.15, 0.2) is 0 Å². The molecule has 0 spiro atoms. The highest BCUT2D eigenvalue weighted by Crippen LogP contribution is 2.14. The number of hydrogen-bond donors (Lipinski definition) is 0. The number of halogens is 1. The van der Waals surface area contributed by atoms with Crippen LogP contribution in [0.4, 0.5) is 4.39 Å². The highest BCUT2D eigenvalue weighted by atomic mass is 19.1. The summed E-state index contributed by atoms with van der Waals surface area (Å²) in [6, 6.07) is 2.68. The first-order valence-corrected chi connectivity index (χ1v) is 5.62. The van der Waals surface area contributed by atoms with Gasteiger partial charge in [-0.05, 0) is 19.9 Å². The van der Waals surface area contributed by atoms with E-state index in [9.17, 15) is 9.18 Å². The number of carbonyl (C=O) groups excluding carboxylic acids is 1. The molecule has 4 nitrogen and oxygen atoms in total. The minimum absolute atomic E-state index is 0.00869. The van der Waals surface area contributed by atoms with Crippen LogP contribution in [0.5, 0.6) is 0 Å². The lowest BCUT2D eigenvalue weighted by Crippen LogP contribution is -2.48. The minimum Gasteiger partial charge on any atom is -0.372 e. The largest absolute Gasteiger partial charge is 0.372 e. The molecule has 1 aromatic rings. The quantitative estimate of drug-likeness (QED) is 0.696. The van der Waals surface area contributed by atoms with Crippen molar-refractivity contribution in [3.63, 3.8) is 0 Å². The first kappa shape index (κ1) is 12.0. The number of morpholine rings is 1. The SMILES string of the molecule is C[C@@H]1CN(C(=O)c2ccnc(F)c2)C[C@H](C)O1. The van der Waals surface area contributed by atoms with Gasteiger partial charge in [0.25, 0.3) is 5.91 Å². The minimum atomic E-state index is -0.634. The van der Waals surface area contributed by atoms with E-state index in [0.717, 1.165) is 6.07 Å². The maximum atomic E-state index is 12.9. The van der Waals surface area contributed by atoms with Crippen molar-refractivity contribution >= 4 is 5.91 Å². The van der Waals surface area contributed by atoms with Crippen LogP contribution in [0, 0.1) is 5.95 Å². The van der Waals surface area contributed by atoms with Crippen molar-refractivity contribution in [1.82, 2.24) is 9.88 Å². The Bertz CT molecular complexity index is 415. The predicted octanol–water partition coefficient (Wildman–Crippen LogP) is 1.47. The van der Waals surface area contributed by atoms with Gasteiger partial charge in [-0.3, -0.25) is 4.79 Å². The van der Waals surface area contributed by atoms with Crippen molar-refractivity contribution in [2.75, 3.05) is 13.1 Å². The standard InChI is InChI=1S/C12H15FN2O2/c1-8-6-15(7-9(2)17-8)12(16)10-3-4-14-11(13)5-10/h3-5,8-9H,6-7H2,1-2H3/t8-,9+. The number of ether oxygens (including phenoxy) is 1. The second-order valence-corrected chi connectivity index (χ2v) is 4.33. The Labute approximate surface area is 99.4 Å². The number of carbonyl (C=O) groups is 1. The Kier molecular flexibility index (Phi) is 3.38. The van der Waals surface area contributed by atoms with Gasteiger partial charge in [-0.1, -0.05) is 0 Å². The van der Waals surface area contributed by atoms with Crippen LogP contribution >= 0.6 is 0 Å². The lowest BCUT2D eigenvalue weighted by Gasteiger charge is -2.35. The lowest BCUT2D eigenvalue weighted by molar-refractivity contribution is -0.0586. The van der Waals surface area contributed by atoms with Gasteiger partial charge >= 0.3 is 0 Å². The zero-order valence-electron chi connectivity index (χ0n) is 9.89. The molecule has 17 heavy (non-hydrogen) atoms. The number of amides is 1. The molecule has 0 bridgehead atoms. The molecule has 0 aliphatic carbocycles. The Morgan fingerprint density at radius 3 is 2.71 bits per heavy atom. The predicted molar refractivity (Wildman–Crippen MR) is 60.1 cm³/mol. The van der Waals surface area contributed by atoms with E-state index in [4.69, 9.17) is 4.74 Å². The molecule has 1 aromatic heterocycles. The molecule has 2 atom stereocenters. The molecule has 2 rings (SSSR count). The van der Waals surface area contributed by atoms with Crippen molar-refractivity contribution in [3.05, 3.63) is 29.8 Å². The molecule has 0 aromatic carbocycles.